The van der Waals surface area contributed by atoms with Crippen LogP contribution in [0.4, 0.5) is 4.79 Å². The number of hydrogen-bond donors (Lipinski definition) is 7. The second-order valence-electron chi connectivity index (χ2n) is 26.6. The van der Waals surface area contributed by atoms with Crippen molar-refractivity contribution in [3.63, 3.8) is 0 Å². The Labute approximate surface area is 828 Å². The third kappa shape index (κ3) is 32.1. The number of carbonyl (C=O) groups is 4. The number of aliphatic hydroxyl groups is 1. The SMILES string of the molecule is Brc1ccc2c(c1)C=CCO2.C.C.C.C.C.C.C.C.C.C.NC1(CO)COc2ccc(Br)cc2C1.NC1=NC2(CO1)COc1ccc(-c3cncnc3)cc1C2.NC1=NC2(CO1)COc1ccc(Br)cc1C2.O=C1CCOc2ccc(Br)cc21.O=C1COc2ccc(Br)cc2C1.O=C1NC(=O)C2(COc3ccc(Br)cc3C2)N1.O[B]Oc1cncnc1.[C-]#N.[K+]. The van der Waals surface area contributed by atoms with Gasteiger partial charge in [0, 0.05) is 88.0 Å². The standard InChI is InChI=1S/C15H14N4O2.C11H9BrN2O3.C11H11BrN2O2.C10H12BrNO2.2C9H7BrO2.C9H7BrO.C4H4BN2O2.CN.10CH4.K/c16-14-19-15(8-21-14)4-11-3-10(1-2-13(11)20-7-15)12-5-17-9-18-6-12;12-7-1-2-8-6(3-7)4-11(5-17-8)9(15)13-10(16)14-11;12-8-1-2-9-7(3-8)4-11(5-15-9)6-16-10(13)14-11;11-8-1-2-9-7(3-8)4-10(12,5-13)6-14-9;10-7-1-2-9-6(3-7)4-8(11)5-12-9;10-6-1-2-9-7(5-6)8(11)3-4-12-9;10-8-3-4-9-7(6-8)2-1-5-11-9;8-5-9-4-1-6-3-7-2-4;1-2;;;;;;;;;;;/h1-3,5-6,9H,4,7-8H2,(H2,16,19);1-3H,4-5H2,(H2,13,14,15,16);1-3H,4-6H2,(H2,13,14);1-3,13H,4-6,12H2;1-3H,4-5H2;1-2,5H,3-4H2;1-4,6H,5H2;1-3,8H;;10*1H4;/q;;;;;;;;-1;;;;;;;;;;;+1. The summed E-state index contributed by atoms with van der Waals surface area (Å²) in [5.74, 6) is 6.33. The summed E-state index contributed by atoms with van der Waals surface area (Å²) < 4.78 is 59.4. The molecule has 19 rings (SSSR count). The van der Waals surface area contributed by atoms with Crippen molar-refractivity contribution in [2.45, 2.75) is 135 Å². The molecule has 10 aliphatic rings. The van der Waals surface area contributed by atoms with Gasteiger partial charge in [-0.05, 0) is 162 Å². The number of amides is 3. The number of ketones is 2. The van der Waals surface area contributed by atoms with E-state index in [1.165, 1.54) is 25.0 Å². The molecular formula is C89H111BBr6KN12O16. The number of amidine groups is 2. The van der Waals surface area contributed by atoms with Gasteiger partial charge in [-0.2, -0.15) is 0 Å². The number of ether oxygens (including phenoxy) is 9. The fraction of sp³-hybridized carbons (Fsp3) is 0.337. The summed E-state index contributed by atoms with van der Waals surface area (Å²) in [5, 5.41) is 28.4. The van der Waals surface area contributed by atoms with Gasteiger partial charge in [0.2, 0.25) is 0 Å². The summed E-state index contributed by atoms with van der Waals surface area (Å²) >= 11 is 20.3. The number of nitrogens with zero attached hydrogens (tertiary/aromatic N) is 7. The Kier molecular flexibility index (Phi) is 51.0. The van der Waals surface area contributed by atoms with Crippen LogP contribution in [-0.2, 0) is 51.2 Å². The van der Waals surface area contributed by atoms with E-state index in [9.17, 15) is 19.2 Å². The number of aromatic nitrogens is 4. The first kappa shape index (κ1) is 117. The molecule has 0 saturated carbocycles. The number of imide groups is 1. The van der Waals surface area contributed by atoms with Crippen LogP contribution in [0.2, 0.25) is 0 Å². The molecule has 125 heavy (non-hydrogen) atoms. The average molecular weight is 2130 g/mol. The number of Topliss-reactive ketones (excluding diaryl/α,β-unsaturated/α-hetero) is 2. The van der Waals surface area contributed by atoms with Gasteiger partial charge in [-0.3, -0.25) is 19.7 Å². The van der Waals surface area contributed by atoms with Crippen molar-refractivity contribution in [3.8, 4) is 57.1 Å². The molecule has 36 heteroatoms. The molecule has 3 amide bonds. The summed E-state index contributed by atoms with van der Waals surface area (Å²) in [5.41, 5.74) is 23.9. The van der Waals surface area contributed by atoms with Crippen LogP contribution < -0.4 is 117 Å². The Morgan fingerprint density at radius 2 is 0.920 bits per heavy atom. The number of aliphatic hydroxyl groups excluding tert-OH is 1. The zero-order chi connectivity index (χ0) is 81.0. The number of nitrogens with two attached hydrogens (primary N) is 3. The Bertz CT molecular complexity index is 5120. The maximum absolute atomic E-state index is 11.8. The first-order chi connectivity index (χ1) is 54.9. The van der Waals surface area contributed by atoms with Crippen molar-refractivity contribution in [2.75, 3.05) is 66.1 Å². The predicted molar refractivity (Wildman–Crippen MR) is 509 cm³/mol. The number of benzene rings is 7. The van der Waals surface area contributed by atoms with E-state index in [2.05, 4.69) is 159 Å². The number of hydrogen-bond acceptors (Lipinski definition) is 26. The number of aliphatic imine (C=N–C) groups is 2. The van der Waals surface area contributed by atoms with Crippen molar-refractivity contribution in [3.05, 3.63) is 243 Å². The van der Waals surface area contributed by atoms with Gasteiger partial charge in [0.15, 0.2) is 17.1 Å². The van der Waals surface area contributed by atoms with Crippen molar-refractivity contribution in [1.29, 1.82) is 5.26 Å². The minimum atomic E-state index is -0.953. The molecule has 4 atom stereocenters. The van der Waals surface area contributed by atoms with E-state index in [1.54, 1.807) is 18.5 Å². The molecule has 28 nitrogen and oxygen atoms in total. The number of carbonyl (C=O) groups excluding carboxylic acids is 4. The number of urea groups is 1. The monoisotopic (exact) mass is 2130 g/mol. The molecule has 10 aliphatic heterocycles. The molecule has 0 aliphatic carbocycles. The summed E-state index contributed by atoms with van der Waals surface area (Å²) in [7, 11) is 0.582. The van der Waals surface area contributed by atoms with Gasteiger partial charge in [-0.15, -0.1) is 0 Å². The molecule has 2 aromatic heterocycles. The van der Waals surface area contributed by atoms with Gasteiger partial charge < -0.3 is 91.8 Å². The maximum atomic E-state index is 11.8. The zero-order valence-corrected chi connectivity index (χ0v) is 74.0. The Morgan fingerprint density at radius 1 is 0.488 bits per heavy atom. The van der Waals surface area contributed by atoms with Crippen LogP contribution in [-0.4, -0.2) is 162 Å². The summed E-state index contributed by atoms with van der Waals surface area (Å²) in [6.07, 6.45) is 17.1. The fourth-order valence-electron chi connectivity index (χ4n) is 12.6. The molecule has 10 N–H and O–H groups in total. The number of rotatable bonds is 4. The van der Waals surface area contributed by atoms with E-state index in [-0.39, 0.29) is 186 Å². The molecule has 1 saturated heterocycles. The second-order valence-corrected chi connectivity index (χ2v) is 32.1. The summed E-state index contributed by atoms with van der Waals surface area (Å²) in [6, 6.07) is 40.8. The fourth-order valence-corrected chi connectivity index (χ4v) is 15.0. The van der Waals surface area contributed by atoms with Gasteiger partial charge in [-0.1, -0.05) is 182 Å². The average Bonchev–Trinajstić information content (AvgIpc) is 1.65. The second kappa shape index (κ2) is 54.7. The van der Waals surface area contributed by atoms with E-state index in [4.69, 9.17) is 81.8 Å². The molecule has 7 aromatic carbocycles. The smallest absolute Gasteiger partial charge is 0.535 e. The van der Waals surface area contributed by atoms with Crippen LogP contribution in [0, 0.1) is 11.8 Å². The largest absolute Gasteiger partial charge is 1.00 e. The molecule has 3 spiro atoms. The predicted octanol–water partition coefficient (Wildman–Crippen LogP) is 14.7. The summed E-state index contributed by atoms with van der Waals surface area (Å²) in [4.78, 5) is 69.4. The molecule has 1 radical (unpaired) electrons. The first-order valence-electron chi connectivity index (χ1n) is 34.8. The quantitative estimate of drug-likeness (QED) is 0.0489. The van der Waals surface area contributed by atoms with Crippen LogP contribution in [0.3, 0.4) is 0 Å². The van der Waals surface area contributed by atoms with Gasteiger partial charge in [0.1, 0.15) is 123 Å². The Balaban J connectivity index is 0.00000140. The molecule has 12 heterocycles. The van der Waals surface area contributed by atoms with Crippen molar-refractivity contribution < 1.29 is 128 Å². The molecule has 0 bridgehead atoms. The summed E-state index contributed by atoms with van der Waals surface area (Å²) in [6.45, 7) is 8.64. The van der Waals surface area contributed by atoms with Crippen molar-refractivity contribution in [2.24, 2.45) is 27.2 Å². The zero-order valence-electron chi connectivity index (χ0n) is 61.4. The van der Waals surface area contributed by atoms with E-state index >= 15 is 0 Å². The topological polar surface area (TPSA) is 403 Å². The van der Waals surface area contributed by atoms with Crippen molar-refractivity contribution >= 4 is 145 Å². The molecule has 4 unspecified atom stereocenters. The molecule has 669 valence electrons. The van der Waals surface area contributed by atoms with Crippen LogP contribution in [0.5, 0.6) is 46.0 Å². The third-order valence-corrected chi connectivity index (χ3v) is 21.0. The minimum Gasteiger partial charge on any atom is -0.535 e. The van der Waals surface area contributed by atoms with Crippen LogP contribution >= 0.6 is 95.6 Å². The van der Waals surface area contributed by atoms with Gasteiger partial charge in [0.05, 0.1) is 36.7 Å². The van der Waals surface area contributed by atoms with E-state index < -0.39 is 17.1 Å². The van der Waals surface area contributed by atoms with E-state index in [0.717, 1.165) is 119 Å². The molecule has 1 fully saturated rings. The van der Waals surface area contributed by atoms with Crippen LogP contribution in [0.25, 0.3) is 17.2 Å². The number of fused-ring (bicyclic) bond motifs is 7. The molecule has 9 aromatic rings. The number of halogens is 6. The van der Waals surface area contributed by atoms with Gasteiger partial charge >= 0.3 is 65.1 Å². The Hall–Kier alpha value is -8.39. The molecular weight excluding hydrogens is 2020 g/mol. The van der Waals surface area contributed by atoms with Gasteiger partial charge in [-0.25, -0.2) is 34.7 Å². The van der Waals surface area contributed by atoms with Crippen LogP contribution in [0.1, 0.15) is 124 Å². The number of nitrogens with one attached hydrogen (secondary N) is 2. The van der Waals surface area contributed by atoms with Gasteiger partial charge in [0.25, 0.3) is 18.0 Å². The van der Waals surface area contributed by atoms with E-state index in [0.29, 0.717) is 96.7 Å². The maximum Gasteiger partial charge on any atom is 1.00 e. The van der Waals surface area contributed by atoms with E-state index in [1.807, 2.05) is 115 Å². The van der Waals surface area contributed by atoms with Crippen LogP contribution in [0.15, 0.2) is 208 Å². The minimum absolute atomic E-state index is 0. The van der Waals surface area contributed by atoms with Crippen molar-refractivity contribution in [1.82, 2.24) is 30.6 Å². The third-order valence-electron chi connectivity index (χ3n) is 18.0. The first-order valence-corrected chi connectivity index (χ1v) is 39.5. The normalized spacial score (nSPS) is 18.5. The Morgan fingerprint density at radius 3 is 1.42 bits per heavy atom.